The van der Waals surface area contributed by atoms with E-state index in [-0.39, 0.29) is 29.5 Å². The Bertz CT molecular complexity index is 1390. The number of phenolic OH excluding ortho intramolecular Hbond substituents is 1. The summed E-state index contributed by atoms with van der Waals surface area (Å²) in [6.07, 6.45) is 2.55. The number of benzene rings is 2. The van der Waals surface area contributed by atoms with E-state index in [4.69, 9.17) is 4.74 Å². The Morgan fingerprint density at radius 2 is 2.08 bits per heavy atom. The van der Waals surface area contributed by atoms with E-state index in [0.29, 0.717) is 35.8 Å². The summed E-state index contributed by atoms with van der Waals surface area (Å²) in [7, 11) is 0. The van der Waals surface area contributed by atoms with Gasteiger partial charge >= 0.3 is 0 Å². The molecule has 2 aromatic rings. The lowest BCUT2D eigenvalue weighted by atomic mass is 9.49. The molecule has 4 N–H and O–H groups in total. The summed E-state index contributed by atoms with van der Waals surface area (Å²) in [6.45, 7) is 1.67. The Balaban J connectivity index is 1.35. The van der Waals surface area contributed by atoms with E-state index >= 15 is 0 Å². The van der Waals surface area contributed by atoms with Crippen molar-refractivity contribution in [3.63, 3.8) is 0 Å². The fraction of sp³-hybridized carbons (Fsp3) is 0.429. The zero-order valence-corrected chi connectivity index (χ0v) is 19.7. The number of aliphatic hydroxyl groups excluding tert-OH is 1. The molecule has 8 nitrogen and oxygen atoms in total. The molecule has 1 saturated heterocycles. The Labute approximate surface area is 208 Å². The average molecular weight is 486 g/mol. The molecule has 2 aliphatic heterocycles. The van der Waals surface area contributed by atoms with Crippen LogP contribution >= 0.6 is 0 Å². The van der Waals surface area contributed by atoms with Gasteiger partial charge in [0.2, 0.25) is 0 Å². The Hall–Kier alpha value is -3.54. The van der Waals surface area contributed by atoms with Crippen LogP contribution in [0, 0.1) is 17.2 Å². The molecule has 2 aromatic carbocycles. The van der Waals surface area contributed by atoms with Gasteiger partial charge in [-0.05, 0) is 68.0 Å². The number of nitriles is 1. The van der Waals surface area contributed by atoms with E-state index in [1.54, 1.807) is 30.3 Å². The molecule has 36 heavy (non-hydrogen) atoms. The number of amides is 1. The van der Waals surface area contributed by atoms with Gasteiger partial charge in [-0.15, -0.1) is 0 Å². The Morgan fingerprint density at radius 1 is 1.25 bits per heavy atom. The molecule has 1 amide bonds. The maximum Gasteiger partial charge on any atom is 0.255 e. The lowest BCUT2D eigenvalue weighted by molar-refractivity contribution is -0.172. The SMILES string of the molecule is N#Cc1cccc(NC(=O)C2=C(O)[C@@H]3Oc4c(O)ccc5c4[C@@]34CCN(CC3CC3)[C@H](C5)[C@]4(O)C2)c1. The molecule has 8 heteroatoms. The molecule has 5 aliphatic rings. The summed E-state index contributed by atoms with van der Waals surface area (Å²) >= 11 is 0. The number of carbonyl (C=O) groups is 1. The highest BCUT2D eigenvalue weighted by atomic mass is 16.5. The molecular formula is C28H27N3O5. The minimum Gasteiger partial charge on any atom is -0.508 e. The fourth-order valence-corrected chi connectivity index (χ4v) is 7.24. The molecule has 3 aliphatic carbocycles. The molecule has 0 unspecified atom stereocenters. The van der Waals surface area contributed by atoms with Gasteiger partial charge in [-0.3, -0.25) is 9.69 Å². The minimum absolute atomic E-state index is 0.0224. The lowest BCUT2D eigenvalue weighted by Gasteiger charge is -2.62. The van der Waals surface area contributed by atoms with Crippen molar-refractivity contribution in [2.45, 2.75) is 55.3 Å². The third kappa shape index (κ3) is 2.73. The van der Waals surface area contributed by atoms with E-state index in [2.05, 4.69) is 16.3 Å². The molecule has 184 valence electrons. The van der Waals surface area contributed by atoms with Crippen LogP contribution in [0.5, 0.6) is 11.5 Å². The quantitative estimate of drug-likeness (QED) is 0.525. The standard InChI is InChI=1S/C28H27N3O5/c29-13-16-2-1-3-18(10-16)30-26(34)19-12-28(35)21-11-17-6-7-20(32)24-22(17)27(28,25(36-24)23(19)33)8-9-31(21)14-15-4-5-15/h1-3,6-7,10,15,21,25,32-33,35H,4-5,8-9,11-12,14H2,(H,30,34)/t21-,25+,27+,28-/m1/s1. The predicted octanol–water partition coefficient (Wildman–Crippen LogP) is 2.89. The number of rotatable bonds is 4. The number of aliphatic hydroxyl groups is 2. The molecule has 0 radical (unpaired) electrons. The van der Waals surface area contributed by atoms with Crippen molar-refractivity contribution in [1.29, 1.82) is 5.26 Å². The van der Waals surface area contributed by atoms with E-state index < -0.39 is 23.0 Å². The summed E-state index contributed by atoms with van der Waals surface area (Å²) in [4.78, 5) is 15.8. The summed E-state index contributed by atoms with van der Waals surface area (Å²) in [5.41, 5.74) is 0.427. The number of nitrogens with one attached hydrogen (secondary N) is 1. The van der Waals surface area contributed by atoms with Crippen molar-refractivity contribution in [2.24, 2.45) is 5.92 Å². The maximum absolute atomic E-state index is 13.5. The number of aromatic hydroxyl groups is 1. The van der Waals surface area contributed by atoms with Gasteiger partial charge in [0, 0.05) is 30.3 Å². The van der Waals surface area contributed by atoms with Crippen LogP contribution < -0.4 is 10.1 Å². The zero-order valence-electron chi connectivity index (χ0n) is 19.7. The Kier molecular flexibility index (Phi) is 4.37. The number of piperidine rings is 1. The first-order valence-electron chi connectivity index (χ1n) is 12.6. The second kappa shape index (κ2) is 7.25. The first-order valence-corrected chi connectivity index (χ1v) is 12.6. The van der Waals surface area contributed by atoms with E-state index in [0.717, 1.165) is 24.2 Å². The van der Waals surface area contributed by atoms with Crippen molar-refractivity contribution < 1.29 is 24.9 Å². The van der Waals surface area contributed by atoms with Gasteiger partial charge in [0.1, 0.15) is 5.76 Å². The fourth-order valence-electron chi connectivity index (χ4n) is 7.24. The summed E-state index contributed by atoms with van der Waals surface area (Å²) in [5, 5.41) is 46.7. The number of hydrogen-bond donors (Lipinski definition) is 4. The van der Waals surface area contributed by atoms with Crippen LogP contribution in [0.2, 0.25) is 0 Å². The van der Waals surface area contributed by atoms with Gasteiger partial charge in [0.25, 0.3) is 5.91 Å². The monoisotopic (exact) mass is 485 g/mol. The van der Waals surface area contributed by atoms with Gasteiger partial charge in [0.15, 0.2) is 17.6 Å². The molecule has 2 fully saturated rings. The summed E-state index contributed by atoms with van der Waals surface area (Å²) in [5.74, 6) is 0.183. The van der Waals surface area contributed by atoms with Crippen molar-refractivity contribution in [3.8, 4) is 17.6 Å². The van der Waals surface area contributed by atoms with Crippen molar-refractivity contribution in [1.82, 2.24) is 4.90 Å². The normalized spacial score (nSPS) is 31.9. The van der Waals surface area contributed by atoms with Crippen LogP contribution in [-0.4, -0.2) is 57.0 Å². The molecule has 1 spiro atoms. The van der Waals surface area contributed by atoms with E-state index in [9.17, 15) is 25.4 Å². The van der Waals surface area contributed by atoms with E-state index in [1.807, 2.05) is 6.07 Å². The van der Waals surface area contributed by atoms with Crippen molar-refractivity contribution >= 4 is 11.6 Å². The van der Waals surface area contributed by atoms with Crippen LogP contribution in [0.3, 0.4) is 0 Å². The first-order chi connectivity index (χ1) is 17.4. The number of nitrogens with zero attached hydrogens (tertiary/aromatic N) is 2. The number of ether oxygens (including phenoxy) is 1. The number of phenols is 1. The zero-order chi connectivity index (χ0) is 24.8. The topological polar surface area (TPSA) is 126 Å². The molecular weight excluding hydrogens is 458 g/mol. The number of hydrogen-bond acceptors (Lipinski definition) is 7. The largest absolute Gasteiger partial charge is 0.508 e. The lowest BCUT2D eigenvalue weighted by Crippen LogP contribution is -2.75. The first kappa shape index (κ1) is 21.7. The van der Waals surface area contributed by atoms with Crippen LogP contribution in [0.15, 0.2) is 47.7 Å². The van der Waals surface area contributed by atoms with Crippen LogP contribution in [0.1, 0.15) is 42.4 Å². The number of anilines is 1. The van der Waals surface area contributed by atoms with Gasteiger partial charge in [-0.1, -0.05) is 12.1 Å². The maximum atomic E-state index is 13.5. The molecule has 2 bridgehead atoms. The molecule has 2 heterocycles. The highest BCUT2D eigenvalue weighted by molar-refractivity contribution is 6.04. The van der Waals surface area contributed by atoms with Gasteiger partial charge in [0.05, 0.1) is 28.2 Å². The Morgan fingerprint density at radius 3 is 2.86 bits per heavy atom. The highest BCUT2D eigenvalue weighted by Crippen LogP contribution is 2.66. The molecule has 1 saturated carbocycles. The second-order valence-corrected chi connectivity index (χ2v) is 10.9. The third-order valence-electron chi connectivity index (χ3n) is 9.04. The van der Waals surface area contributed by atoms with Crippen LogP contribution in [0.25, 0.3) is 0 Å². The van der Waals surface area contributed by atoms with Crippen molar-refractivity contribution in [3.05, 3.63) is 64.4 Å². The highest BCUT2D eigenvalue weighted by Gasteiger charge is 2.73. The smallest absolute Gasteiger partial charge is 0.255 e. The van der Waals surface area contributed by atoms with Gasteiger partial charge in [-0.25, -0.2) is 0 Å². The van der Waals surface area contributed by atoms with Crippen molar-refractivity contribution in [2.75, 3.05) is 18.4 Å². The molecule has 4 atom stereocenters. The molecule has 7 rings (SSSR count). The predicted molar refractivity (Wildman–Crippen MR) is 130 cm³/mol. The van der Waals surface area contributed by atoms with Crippen LogP contribution in [-0.2, 0) is 16.6 Å². The number of likely N-dealkylation sites (tertiary alicyclic amines) is 1. The van der Waals surface area contributed by atoms with Gasteiger partial charge in [-0.2, -0.15) is 5.26 Å². The summed E-state index contributed by atoms with van der Waals surface area (Å²) in [6, 6.07) is 11.9. The molecule has 0 aromatic heterocycles. The second-order valence-electron chi connectivity index (χ2n) is 10.9. The average Bonchev–Trinajstić information content (AvgIpc) is 3.61. The summed E-state index contributed by atoms with van der Waals surface area (Å²) < 4.78 is 6.22. The van der Waals surface area contributed by atoms with Gasteiger partial charge < -0.3 is 25.4 Å². The minimum atomic E-state index is -1.36. The van der Waals surface area contributed by atoms with E-state index in [1.165, 1.54) is 12.8 Å². The van der Waals surface area contributed by atoms with Crippen LogP contribution in [0.4, 0.5) is 5.69 Å². The third-order valence-corrected chi connectivity index (χ3v) is 9.04. The number of carbonyl (C=O) groups excluding carboxylic acids is 1.